The molecule has 1 unspecified atom stereocenters. The van der Waals surface area contributed by atoms with Gasteiger partial charge in [0.1, 0.15) is 0 Å². The number of benzene rings is 1. The number of nitrogens with one attached hydrogen (secondary N) is 1. The Bertz CT molecular complexity index is 750. The molecule has 0 saturated heterocycles. The van der Waals surface area contributed by atoms with E-state index in [1.807, 2.05) is 38.4 Å². The molecule has 1 aromatic heterocycles. The number of aryl methyl sites for hydroxylation is 2. The molecule has 0 radical (unpaired) electrons. The maximum atomic E-state index is 12.6. The monoisotopic (exact) mass is 298 g/mol. The van der Waals surface area contributed by atoms with Gasteiger partial charge in [0.15, 0.2) is 5.82 Å². The summed E-state index contributed by atoms with van der Waals surface area (Å²) >= 11 is 0. The molecule has 2 amide bonds. The molecule has 6 nitrogen and oxygen atoms in total. The number of nitrogens with zero attached hydrogens (tertiary/aromatic N) is 3. The Balaban J connectivity index is 1.91. The summed E-state index contributed by atoms with van der Waals surface area (Å²) in [5.41, 5.74) is 2.27. The quantitative estimate of drug-likeness (QED) is 0.914. The zero-order valence-corrected chi connectivity index (χ0v) is 12.8. The van der Waals surface area contributed by atoms with Crippen molar-refractivity contribution in [1.29, 1.82) is 0 Å². The van der Waals surface area contributed by atoms with Crippen LogP contribution >= 0.6 is 0 Å². The number of amides is 2. The minimum atomic E-state index is -0.389. The lowest BCUT2D eigenvalue weighted by molar-refractivity contribution is -0.118. The summed E-state index contributed by atoms with van der Waals surface area (Å²) in [5, 5.41) is 7.11. The Hall–Kier alpha value is -2.63. The first-order valence-corrected chi connectivity index (χ1v) is 7.13. The van der Waals surface area contributed by atoms with E-state index < -0.39 is 0 Å². The molecule has 1 atom stereocenters. The second-order valence-corrected chi connectivity index (χ2v) is 5.65. The van der Waals surface area contributed by atoms with E-state index in [1.54, 1.807) is 22.7 Å². The summed E-state index contributed by atoms with van der Waals surface area (Å²) in [6.07, 6.45) is 1.85. The van der Waals surface area contributed by atoms with Gasteiger partial charge < -0.3 is 10.2 Å². The first-order chi connectivity index (χ1) is 10.5. The fourth-order valence-electron chi connectivity index (χ4n) is 2.81. The van der Waals surface area contributed by atoms with Crippen LogP contribution in [0.25, 0.3) is 0 Å². The van der Waals surface area contributed by atoms with Crippen molar-refractivity contribution >= 4 is 17.6 Å². The molecule has 3 rings (SSSR count). The van der Waals surface area contributed by atoms with E-state index in [4.69, 9.17) is 0 Å². The predicted octanol–water partition coefficient (Wildman–Crippen LogP) is 1.54. The van der Waals surface area contributed by atoms with Crippen LogP contribution in [0.4, 0.5) is 5.82 Å². The number of carbonyl (C=O) groups excluding carboxylic acids is 2. The van der Waals surface area contributed by atoms with Gasteiger partial charge in [0.25, 0.3) is 5.91 Å². The van der Waals surface area contributed by atoms with Crippen LogP contribution in [0.2, 0.25) is 0 Å². The molecule has 2 heterocycles. The summed E-state index contributed by atoms with van der Waals surface area (Å²) in [7, 11) is 3.52. The van der Waals surface area contributed by atoms with Crippen LogP contribution in [0.5, 0.6) is 0 Å². The topological polar surface area (TPSA) is 67.2 Å². The maximum Gasteiger partial charge on any atom is 0.253 e. The zero-order chi connectivity index (χ0) is 15.9. The first kappa shape index (κ1) is 14.3. The van der Waals surface area contributed by atoms with E-state index in [2.05, 4.69) is 10.4 Å². The van der Waals surface area contributed by atoms with Gasteiger partial charge in [0.2, 0.25) is 5.91 Å². The lowest BCUT2D eigenvalue weighted by Gasteiger charge is -2.30. The molecule has 22 heavy (non-hydrogen) atoms. The van der Waals surface area contributed by atoms with Gasteiger partial charge in [-0.1, -0.05) is 18.2 Å². The van der Waals surface area contributed by atoms with E-state index in [9.17, 15) is 9.59 Å². The van der Waals surface area contributed by atoms with Crippen LogP contribution in [-0.4, -0.2) is 40.1 Å². The highest BCUT2D eigenvalue weighted by molar-refractivity contribution is 6.03. The minimum Gasteiger partial charge on any atom is -0.341 e. The van der Waals surface area contributed by atoms with Crippen LogP contribution in [0.3, 0.4) is 0 Å². The fraction of sp³-hybridized carbons (Fsp3) is 0.312. The van der Waals surface area contributed by atoms with Crippen molar-refractivity contribution in [2.75, 3.05) is 18.9 Å². The molecule has 0 fully saturated rings. The van der Waals surface area contributed by atoms with Gasteiger partial charge in [-0.3, -0.25) is 14.3 Å². The number of hydrogen-bond acceptors (Lipinski definition) is 3. The highest BCUT2D eigenvalue weighted by Gasteiger charge is 2.33. The lowest BCUT2D eigenvalue weighted by atomic mass is 9.89. The van der Waals surface area contributed by atoms with Crippen molar-refractivity contribution in [3.8, 4) is 0 Å². The van der Waals surface area contributed by atoms with Crippen molar-refractivity contribution in [2.24, 2.45) is 7.05 Å². The second kappa shape index (κ2) is 5.29. The summed E-state index contributed by atoms with van der Waals surface area (Å²) in [4.78, 5) is 26.4. The van der Waals surface area contributed by atoms with Gasteiger partial charge in [-0.2, -0.15) is 5.10 Å². The smallest absolute Gasteiger partial charge is 0.253 e. The molecule has 0 spiro atoms. The van der Waals surface area contributed by atoms with Crippen molar-refractivity contribution < 1.29 is 9.59 Å². The van der Waals surface area contributed by atoms with Crippen LogP contribution in [-0.2, 0) is 11.8 Å². The van der Waals surface area contributed by atoms with Crippen LogP contribution in [0.1, 0.15) is 27.4 Å². The highest BCUT2D eigenvalue weighted by atomic mass is 16.2. The number of likely N-dealkylation sites (N-methyl/N-ethyl adjacent to an activating group) is 1. The normalized spacial score (nSPS) is 17.3. The van der Waals surface area contributed by atoms with E-state index >= 15 is 0 Å². The molecule has 114 valence electrons. The number of hydrogen-bond donors (Lipinski definition) is 1. The molecule has 1 aliphatic rings. The first-order valence-electron chi connectivity index (χ1n) is 7.13. The molecule has 0 aliphatic carbocycles. The third-order valence-electron chi connectivity index (χ3n) is 3.94. The number of carbonyl (C=O) groups is 2. The molecular weight excluding hydrogens is 280 g/mol. The molecule has 1 N–H and O–H groups in total. The summed E-state index contributed by atoms with van der Waals surface area (Å²) in [6, 6.07) is 7.27. The summed E-state index contributed by atoms with van der Waals surface area (Å²) < 4.78 is 1.66. The highest BCUT2D eigenvalue weighted by Crippen LogP contribution is 2.28. The third kappa shape index (κ3) is 2.36. The van der Waals surface area contributed by atoms with E-state index in [1.165, 1.54) is 0 Å². The van der Waals surface area contributed by atoms with Crippen molar-refractivity contribution in [2.45, 2.75) is 12.8 Å². The van der Waals surface area contributed by atoms with Crippen molar-refractivity contribution in [1.82, 2.24) is 14.7 Å². The largest absolute Gasteiger partial charge is 0.341 e. The van der Waals surface area contributed by atoms with Crippen molar-refractivity contribution in [3.63, 3.8) is 0 Å². The number of anilines is 1. The van der Waals surface area contributed by atoms with E-state index in [0.29, 0.717) is 17.9 Å². The predicted molar refractivity (Wildman–Crippen MR) is 82.7 cm³/mol. The van der Waals surface area contributed by atoms with Crippen LogP contribution < -0.4 is 5.32 Å². The van der Waals surface area contributed by atoms with Gasteiger partial charge in [0, 0.05) is 38.0 Å². The summed E-state index contributed by atoms with van der Waals surface area (Å²) in [5.74, 6) is -0.0212. The third-order valence-corrected chi connectivity index (χ3v) is 3.94. The van der Waals surface area contributed by atoms with E-state index in [0.717, 1.165) is 11.1 Å². The van der Waals surface area contributed by atoms with Gasteiger partial charge >= 0.3 is 0 Å². The van der Waals surface area contributed by atoms with Gasteiger partial charge in [-0.05, 0) is 18.6 Å². The van der Waals surface area contributed by atoms with Gasteiger partial charge in [-0.25, -0.2) is 0 Å². The Morgan fingerprint density at radius 1 is 1.32 bits per heavy atom. The number of rotatable bonds is 2. The fourth-order valence-corrected chi connectivity index (χ4v) is 2.81. The lowest BCUT2D eigenvalue weighted by Crippen LogP contribution is -2.41. The zero-order valence-electron chi connectivity index (χ0n) is 12.8. The Morgan fingerprint density at radius 3 is 2.73 bits per heavy atom. The second-order valence-electron chi connectivity index (χ2n) is 5.65. The molecular formula is C16H18N4O2. The van der Waals surface area contributed by atoms with Crippen LogP contribution in [0, 0.1) is 6.92 Å². The molecule has 0 bridgehead atoms. The molecule has 6 heteroatoms. The standard InChI is InChI=1S/C16H18N4O2/c1-10-8-20(3)18-14(10)17-15(21)13-9-19(2)16(22)12-7-5-4-6-11(12)13/h4-8,13H,9H2,1-3H3,(H,17,18,21). The maximum absolute atomic E-state index is 12.6. The Kier molecular flexibility index (Phi) is 3.44. The Labute approximate surface area is 128 Å². The average molecular weight is 298 g/mol. The molecule has 0 saturated carbocycles. The Morgan fingerprint density at radius 2 is 2.05 bits per heavy atom. The minimum absolute atomic E-state index is 0.0475. The van der Waals surface area contributed by atoms with Crippen LogP contribution in [0.15, 0.2) is 30.5 Å². The number of aromatic nitrogens is 2. The number of fused-ring (bicyclic) bond motifs is 1. The van der Waals surface area contributed by atoms with Gasteiger partial charge in [-0.15, -0.1) is 0 Å². The van der Waals surface area contributed by atoms with Crippen molar-refractivity contribution in [3.05, 3.63) is 47.2 Å². The molecule has 1 aliphatic heterocycles. The molecule has 2 aromatic rings. The SMILES string of the molecule is Cc1cn(C)nc1NC(=O)C1CN(C)C(=O)c2ccccc21. The summed E-state index contributed by atoms with van der Waals surface area (Å²) in [6.45, 7) is 2.26. The average Bonchev–Trinajstić information content (AvgIpc) is 2.80. The van der Waals surface area contributed by atoms with E-state index in [-0.39, 0.29) is 17.7 Å². The van der Waals surface area contributed by atoms with Gasteiger partial charge in [0.05, 0.1) is 5.92 Å². The molecule has 1 aromatic carbocycles.